The summed E-state index contributed by atoms with van der Waals surface area (Å²) in [7, 11) is 0. The van der Waals surface area contributed by atoms with Gasteiger partial charge in [0.15, 0.2) is 5.13 Å². The molecule has 0 radical (unpaired) electrons. The largest absolute Gasteiger partial charge is 0.444 e. The van der Waals surface area contributed by atoms with E-state index in [9.17, 15) is 13.6 Å². The Morgan fingerprint density at radius 2 is 2.12 bits per heavy atom. The van der Waals surface area contributed by atoms with Crippen molar-refractivity contribution in [3.05, 3.63) is 40.4 Å². The Hall–Kier alpha value is -3.12. The van der Waals surface area contributed by atoms with E-state index in [0.29, 0.717) is 30.3 Å². The molecule has 2 atom stereocenters. The van der Waals surface area contributed by atoms with Crippen molar-refractivity contribution in [3.8, 4) is 11.4 Å². The van der Waals surface area contributed by atoms with Crippen LogP contribution in [0.2, 0.25) is 0 Å². The second-order valence-corrected chi connectivity index (χ2v) is 10.1. The number of aromatic nitrogens is 3. The van der Waals surface area contributed by atoms with Crippen LogP contribution in [-0.4, -0.2) is 46.1 Å². The molecule has 0 saturated carbocycles. The number of anilines is 2. The molecule has 0 spiro atoms. The Morgan fingerprint density at radius 3 is 2.88 bits per heavy atom. The van der Waals surface area contributed by atoms with Crippen molar-refractivity contribution in [1.82, 2.24) is 15.1 Å². The number of halogens is 2. The van der Waals surface area contributed by atoms with Crippen LogP contribution in [0, 0.1) is 0 Å². The van der Waals surface area contributed by atoms with Crippen LogP contribution in [-0.2, 0) is 15.9 Å². The summed E-state index contributed by atoms with van der Waals surface area (Å²) in [5.41, 5.74) is 0.613. The Bertz CT molecular complexity index is 1210. The van der Waals surface area contributed by atoms with Gasteiger partial charge in [-0.2, -0.15) is 4.98 Å². The molecule has 5 rings (SSSR count). The fraction of sp³-hybridized carbons (Fsp3) is 0.455. The third-order valence-corrected chi connectivity index (χ3v) is 6.53. The van der Waals surface area contributed by atoms with E-state index in [1.807, 2.05) is 4.90 Å². The molecule has 0 aliphatic carbocycles. The van der Waals surface area contributed by atoms with Gasteiger partial charge in [-0.3, -0.25) is 5.32 Å². The van der Waals surface area contributed by atoms with Gasteiger partial charge < -0.3 is 18.9 Å². The number of hydrogen-bond acceptors (Lipinski definition) is 9. The summed E-state index contributed by atoms with van der Waals surface area (Å²) in [4.78, 5) is 24.2. The third-order valence-electron chi connectivity index (χ3n) is 5.42. The molecule has 12 heteroatoms. The Kier molecular flexibility index (Phi) is 5.72. The highest BCUT2D eigenvalue weighted by atomic mass is 32.1. The SMILES string of the molecule is CC(C)(C)OC(=O)Nc1nc2c(s1)C1COCC(C2)N1c1nc(-c2cccc(C(F)F)c2)no1. The van der Waals surface area contributed by atoms with Crippen molar-refractivity contribution in [1.29, 1.82) is 0 Å². The molecule has 3 aromatic rings. The summed E-state index contributed by atoms with van der Waals surface area (Å²) < 4.78 is 42.8. The number of thiazole rings is 1. The normalized spacial score (nSPS) is 19.8. The molecule has 2 aliphatic heterocycles. The van der Waals surface area contributed by atoms with Crippen molar-refractivity contribution in [3.63, 3.8) is 0 Å². The fourth-order valence-electron chi connectivity index (χ4n) is 4.07. The average Bonchev–Trinajstić information content (AvgIpc) is 3.39. The molecule has 2 aliphatic rings. The molecule has 180 valence electrons. The Balaban J connectivity index is 1.40. The number of hydrogen-bond donors (Lipinski definition) is 1. The van der Waals surface area contributed by atoms with Gasteiger partial charge in [0.1, 0.15) is 5.60 Å². The highest BCUT2D eigenvalue weighted by Crippen LogP contribution is 2.43. The summed E-state index contributed by atoms with van der Waals surface area (Å²) in [6.45, 7) is 6.21. The Labute approximate surface area is 198 Å². The summed E-state index contributed by atoms with van der Waals surface area (Å²) in [6, 6.07) is 5.88. The van der Waals surface area contributed by atoms with Gasteiger partial charge in [0.05, 0.1) is 35.9 Å². The monoisotopic (exact) mass is 491 g/mol. The van der Waals surface area contributed by atoms with Crippen LogP contribution in [0.5, 0.6) is 0 Å². The lowest BCUT2D eigenvalue weighted by Crippen LogP contribution is -2.51. The molecule has 1 amide bonds. The molecule has 1 fully saturated rings. The van der Waals surface area contributed by atoms with Gasteiger partial charge in [-0.15, -0.1) is 0 Å². The predicted molar refractivity (Wildman–Crippen MR) is 120 cm³/mol. The van der Waals surface area contributed by atoms with Crippen LogP contribution in [0.15, 0.2) is 28.8 Å². The van der Waals surface area contributed by atoms with Gasteiger partial charge >= 0.3 is 12.1 Å². The van der Waals surface area contributed by atoms with E-state index in [2.05, 4.69) is 20.4 Å². The maximum atomic E-state index is 13.1. The van der Waals surface area contributed by atoms with E-state index in [-0.39, 0.29) is 29.5 Å². The predicted octanol–water partition coefficient (Wildman–Crippen LogP) is 4.98. The Morgan fingerprint density at radius 1 is 1.29 bits per heavy atom. The van der Waals surface area contributed by atoms with Crippen molar-refractivity contribution in [2.45, 2.75) is 51.3 Å². The van der Waals surface area contributed by atoms with Crippen molar-refractivity contribution in [2.24, 2.45) is 0 Å². The number of rotatable bonds is 4. The van der Waals surface area contributed by atoms with Crippen LogP contribution in [0.25, 0.3) is 11.4 Å². The molecule has 2 unspecified atom stereocenters. The molecule has 4 heterocycles. The van der Waals surface area contributed by atoms with Gasteiger partial charge in [-0.05, 0) is 26.8 Å². The minimum Gasteiger partial charge on any atom is -0.444 e. The number of amides is 1. The molecule has 2 aromatic heterocycles. The van der Waals surface area contributed by atoms with Gasteiger partial charge in [0, 0.05) is 17.5 Å². The highest BCUT2D eigenvalue weighted by molar-refractivity contribution is 7.16. The van der Waals surface area contributed by atoms with Gasteiger partial charge in [0.2, 0.25) is 5.82 Å². The van der Waals surface area contributed by atoms with Gasteiger partial charge in [-0.1, -0.05) is 34.7 Å². The third kappa shape index (κ3) is 4.47. The number of morpholine rings is 1. The minimum atomic E-state index is -2.59. The standard InChI is InChI=1S/C22H23F2N5O4S/c1-22(2,3)32-21(30)27-19-25-14-8-13-9-31-10-15(16(14)34-19)29(13)20-26-18(28-33-20)12-6-4-5-11(7-12)17(23)24/h4-7,13,15,17H,8-10H2,1-3H3,(H,25,27,30). The zero-order valence-electron chi connectivity index (χ0n) is 18.7. The number of alkyl halides is 2. The molecular weight excluding hydrogens is 468 g/mol. The first-order valence-electron chi connectivity index (χ1n) is 10.8. The van der Waals surface area contributed by atoms with Gasteiger partial charge in [0.25, 0.3) is 6.43 Å². The molecule has 2 bridgehead atoms. The summed E-state index contributed by atoms with van der Waals surface area (Å²) in [5, 5.41) is 7.18. The second kappa shape index (κ2) is 8.58. The lowest BCUT2D eigenvalue weighted by Gasteiger charge is -2.43. The first-order chi connectivity index (χ1) is 16.2. The number of carbonyl (C=O) groups is 1. The van der Waals surface area contributed by atoms with E-state index >= 15 is 0 Å². The number of ether oxygens (including phenoxy) is 2. The van der Waals surface area contributed by atoms with Crippen LogP contribution in [0.3, 0.4) is 0 Å². The fourth-order valence-corrected chi connectivity index (χ4v) is 5.13. The van der Waals surface area contributed by atoms with Gasteiger partial charge in [-0.25, -0.2) is 18.6 Å². The quantitative estimate of drug-likeness (QED) is 0.545. The summed E-state index contributed by atoms with van der Waals surface area (Å²) in [5.74, 6) is 0.235. The molecule has 9 nitrogen and oxygen atoms in total. The number of nitrogens with zero attached hydrogens (tertiary/aromatic N) is 4. The maximum Gasteiger partial charge on any atom is 0.413 e. The van der Waals surface area contributed by atoms with Crippen LogP contribution >= 0.6 is 11.3 Å². The average molecular weight is 492 g/mol. The van der Waals surface area contributed by atoms with Crippen molar-refractivity contribution in [2.75, 3.05) is 23.4 Å². The number of carbonyl (C=O) groups excluding carboxylic acids is 1. The van der Waals surface area contributed by atoms with Crippen LogP contribution in [0.1, 0.15) is 49.4 Å². The molecular formula is C22H23F2N5O4S. The maximum absolute atomic E-state index is 13.1. The van der Waals surface area contributed by atoms with Crippen molar-refractivity contribution < 1.29 is 27.6 Å². The van der Waals surface area contributed by atoms with E-state index < -0.39 is 18.1 Å². The smallest absolute Gasteiger partial charge is 0.413 e. The van der Waals surface area contributed by atoms with E-state index in [1.165, 1.54) is 23.5 Å². The first-order valence-corrected chi connectivity index (χ1v) is 11.6. The highest BCUT2D eigenvalue weighted by Gasteiger charge is 2.43. The first kappa shape index (κ1) is 22.7. The topological polar surface area (TPSA) is 103 Å². The molecule has 1 aromatic carbocycles. The van der Waals surface area contributed by atoms with E-state index in [1.54, 1.807) is 32.9 Å². The lowest BCUT2D eigenvalue weighted by molar-refractivity contribution is 0.0569. The van der Waals surface area contributed by atoms with E-state index in [4.69, 9.17) is 14.0 Å². The van der Waals surface area contributed by atoms with Crippen LogP contribution in [0.4, 0.5) is 24.7 Å². The summed E-state index contributed by atoms with van der Waals surface area (Å²) >= 11 is 1.35. The number of benzene rings is 1. The number of nitrogens with one attached hydrogen (secondary N) is 1. The lowest BCUT2D eigenvalue weighted by atomic mass is 9.97. The number of fused-ring (bicyclic) bond motifs is 4. The zero-order valence-corrected chi connectivity index (χ0v) is 19.6. The molecule has 34 heavy (non-hydrogen) atoms. The van der Waals surface area contributed by atoms with E-state index in [0.717, 1.165) is 10.6 Å². The molecule has 1 saturated heterocycles. The second-order valence-electron chi connectivity index (χ2n) is 9.10. The minimum absolute atomic E-state index is 0.0941. The summed E-state index contributed by atoms with van der Waals surface area (Å²) in [6.07, 6.45) is -2.59. The van der Waals surface area contributed by atoms with Crippen molar-refractivity contribution >= 4 is 28.6 Å². The zero-order chi connectivity index (χ0) is 24.0. The van der Waals surface area contributed by atoms with Crippen LogP contribution < -0.4 is 10.2 Å². The molecule has 1 N–H and O–H groups in total.